The minimum atomic E-state index is -0.797. The highest BCUT2D eigenvalue weighted by Gasteiger charge is 2.39. The van der Waals surface area contributed by atoms with E-state index in [0.717, 1.165) is 17.6 Å². The standard InChI is InChI=1S/C16H23BrN2O4/c1-22-16(6-8-18-9-7-16)15(21)19-10-12(20)11-23-14-5-3-2-4-13(14)17/h2-5,12,18,20H,6-11H2,1H3,(H,19,21). The molecule has 3 N–H and O–H groups in total. The number of piperidine rings is 1. The normalized spacial score (nSPS) is 18.2. The van der Waals surface area contributed by atoms with E-state index in [-0.39, 0.29) is 19.1 Å². The third-order valence-electron chi connectivity index (χ3n) is 3.98. The molecular weight excluding hydrogens is 364 g/mol. The topological polar surface area (TPSA) is 79.8 Å². The third-order valence-corrected chi connectivity index (χ3v) is 4.64. The van der Waals surface area contributed by atoms with Gasteiger partial charge < -0.3 is 25.2 Å². The van der Waals surface area contributed by atoms with Gasteiger partial charge >= 0.3 is 0 Å². The van der Waals surface area contributed by atoms with Crippen LogP contribution in [0.15, 0.2) is 28.7 Å². The van der Waals surface area contributed by atoms with Gasteiger partial charge in [-0.2, -0.15) is 0 Å². The number of halogens is 1. The zero-order valence-corrected chi connectivity index (χ0v) is 14.8. The molecule has 1 fully saturated rings. The Labute approximate surface area is 144 Å². The molecule has 0 aromatic heterocycles. The predicted molar refractivity (Wildman–Crippen MR) is 90.5 cm³/mol. The van der Waals surface area contributed by atoms with Gasteiger partial charge in [-0.15, -0.1) is 0 Å². The number of nitrogens with one attached hydrogen (secondary N) is 2. The molecule has 7 heteroatoms. The molecule has 1 saturated heterocycles. The first-order chi connectivity index (χ1) is 11.1. The van der Waals surface area contributed by atoms with Crippen LogP contribution < -0.4 is 15.4 Å². The zero-order chi connectivity index (χ0) is 16.7. The number of carbonyl (C=O) groups is 1. The Morgan fingerprint density at radius 1 is 1.43 bits per heavy atom. The number of amides is 1. The van der Waals surface area contributed by atoms with E-state index in [9.17, 15) is 9.90 Å². The number of methoxy groups -OCH3 is 1. The summed E-state index contributed by atoms with van der Waals surface area (Å²) in [6.07, 6.45) is 0.458. The van der Waals surface area contributed by atoms with Crippen LogP contribution in [0, 0.1) is 0 Å². The molecule has 1 unspecified atom stereocenters. The van der Waals surface area contributed by atoms with E-state index in [1.54, 1.807) is 7.11 Å². The fourth-order valence-corrected chi connectivity index (χ4v) is 2.93. The molecule has 0 saturated carbocycles. The van der Waals surface area contributed by atoms with Crippen molar-refractivity contribution in [2.24, 2.45) is 0 Å². The smallest absolute Gasteiger partial charge is 0.252 e. The summed E-state index contributed by atoms with van der Waals surface area (Å²) >= 11 is 3.38. The first-order valence-corrected chi connectivity index (χ1v) is 8.46. The molecule has 1 aromatic rings. The second-order valence-electron chi connectivity index (χ2n) is 5.55. The fourth-order valence-electron chi connectivity index (χ4n) is 2.53. The number of benzene rings is 1. The van der Waals surface area contributed by atoms with Gasteiger partial charge in [-0.05, 0) is 54.0 Å². The quantitative estimate of drug-likeness (QED) is 0.653. The average molecular weight is 387 g/mol. The Hall–Kier alpha value is -1.15. The van der Waals surface area contributed by atoms with E-state index in [2.05, 4.69) is 26.6 Å². The second-order valence-corrected chi connectivity index (χ2v) is 6.41. The summed E-state index contributed by atoms with van der Waals surface area (Å²) in [6.45, 7) is 1.72. The molecule has 1 amide bonds. The molecule has 0 bridgehead atoms. The van der Waals surface area contributed by atoms with Crippen molar-refractivity contribution >= 4 is 21.8 Å². The van der Waals surface area contributed by atoms with Crippen LogP contribution in [0.25, 0.3) is 0 Å². The van der Waals surface area contributed by atoms with E-state index >= 15 is 0 Å². The lowest BCUT2D eigenvalue weighted by Gasteiger charge is -2.35. The number of aliphatic hydroxyl groups is 1. The number of ether oxygens (including phenoxy) is 2. The largest absolute Gasteiger partial charge is 0.490 e. The average Bonchev–Trinajstić information content (AvgIpc) is 2.59. The summed E-state index contributed by atoms with van der Waals surface area (Å²) < 4.78 is 11.8. The van der Waals surface area contributed by atoms with Gasteiger partial charge in [-0.25, -0.2) is 0 Å². The van der Waals surface area contributed by atoms with Gasteiger partial charge in [-0.3, -0.25) is 4.79 Å². The Morgan fingerprint density at radius 3 is 2.78 bits per heavy atom. The maximum absolute atomic E-state index is 12.4. The van der Waals surface area contributed by atoms with Crippen molar-refractivity contribution in [2.45, 2.75) is 24.5 Å². The van der Waals surface area contributed by atoms with E-state index in [1.807, 2.05) is 24.3 Å². The van der Waals surface area contributed by atoms with Crippen molar-refractivity contribution in [3.8, 4) is 5.75 Å². The van der Waals surface area contributed by atoms with Crippen LogP contribution in [0.3, 0.4) is 0 Å². The number of aliphatic hydroxyl groups excluding tert-OH is 1. The van der Waals surface area contributed by atoms with E-state index in [4.69, 9.17) is 9.47 Å². The Kier molecular flexibility index (Phi) is 6.83. The predicted octanol–water partition coefficient (Wildman–Crippen LogP) is 1.07. The van der Waals surface area contributed by atoms with Crippen molar-refractivity contribution in [1.29, 1.82) is 0 Å². The van der Waals surface area contributed by atoms with Crippen molar-refractivity contribution in [3.63, 3.8) is 0 Å². The van der Waals surface area contributed by atoms with Crippen molar-refractivity contribution in [2.75, 3.05) is 33.4 Å². The molecule has 0 radical (unpaired) electrons. The van der Waals surface area contributed by atoms with Gasteiger partial charge in [0.05, 0.1) is 4.47 Å². The highest BCUT2D eigenvalue weighted by atomic mass is 79.9. The van der Waals surface area contributed by atoms with Crippen LogP contribution in [-0.2, 0) is 9.53 Å². The number of para-hydroxylation sites is 1. The zero-order valence-electron chi connectivity index (χ0n) is 13.2. The number of hydrogen-bond acceptors (Lipinski definition) is 5. The number of carbonyl (C=O) groups excluding carboxylic acids is 1. The van der Waals surface area contributed by atoms with Gasteiger partial charge in [0.1, 0.15) is 24.1 Å². The monoisotopic (exact) mass is 386 g/mol. The van der Waals surface area contributed by atoms with Gasteiger partial charge in [0, 0.05) is 13.7 Å². The maximum atomic E-state index is 12.4. The first-order valence-electron chi connectivity index (χ1n) is 7.67. The Bertz CT molecular complexity index is 521. The van der Waals surface area contributed by atoms with E-state index in [1.165, 1.54) is 0 Å². The third kappa shape index (κ3) is 4.91. The van der Waals surface area contributed by atoms with Crippen LogP contribution in [0.2, 0.25) is 0 Å². The minimum absolute atomic E-state index is 0.102. The molecule has 1 aliphatic rings. The lowest BCUT2D eigenvalue weighted by atomic mass is 9.91. The molecule has 1 aliphatic heterocycles. The van der Waals surface area contributed by atoms with Gasteiger partial charge in [0.2, 0.25) is 0 Å². The van der Waals surface area contributed by atoms with E-state index < -0.39 is 11.7 Å². The molecule has 128 valence electrons. The molecule has 0 aliphatic carbocycles. The van der Waals surface area contributed by atoms with Crippen LogP contribution in [-0.4, -0.2) is 56.1 Å². The lowest BCUT2D eigenvalue weighted by molar-refractivity contribution is -0.147. The number of hydrogen-bond donors (Lipinski definition) is 3. The molecular formula is C16H23BrN2O4. The van der Waals surface area contributed by atoms with Gasteiger partial charge in [0.15, 0.2) is 0 Å². The molecule has 1 heterocycles. The highest BCUT2D eigenvalue weighted by Crippen LogP contribution is 2.24. The molecule has 6 nitrogen and oxygen atoms in total. The fraction of sp³-hybridized carbons (Fsp3) is 0.562. The van der Waals surface area contributed by atoms with Crippen LogP contribution in [0.1, 0.15) is 12.8 Å². The molecule has 1 aromatic carbocycles. The van der Waals surface area contributed by atoms with E-state index in [0.29, 0.717) is 18.6 Å². The molecule has 1 atom stereocenters. The van der Waals surface area contributed by atoms with Crippen LogP contribution in [0.4, 0.5) is 0 Å². The van der Waals surface area contributed by atoms with Crippen LogP contribution in [0.5, 0.6) is 5.75 Å². The summed E-state index contributed by atoms with van der Waals surface area (Å²) in [7, 11) is 1.55. The Balaban J connectivity index is 1.78. The summed E-state index contributed by atoms with van der Waals surface area (Å²) in [5.74, 6) is 0.478. The van der Waals surface area contributed by atoms with Crippen molar-refractivity contribution in [3.05, 3.63) is 28.7 Å². The SMILES string of the molecule is COC1(C(=O)NCC(O)COc2ccccc2Br)CCNCC1. The summed E-state index contributed by atoms with van der Waals surface area (Å²) in [4.78, 5) is 12.4. The van der Waals surface area contributed by atoms with Crippen LogP contribution >= 0.6 is 15.9 Å². The molecule has 23 heavy (non-hydrogen) atoms. The van der Waals surface area contributed by atoms with Gasteiger partial charge in [0.25, 0.3) is 5.91 Å². The maximum Gasteiger partial charge on any atom is 0.252 e. The summed E-state index contributed by atoms with van der Waals surface area (Å²) in [6, 6.07) is 7.41. The first kappa shape index (κ1) is 18.2. The number of rotatable bonds is 7. The summed E-state index contributed by atoms with van der Waals surface area (Å²) in [5, 5.41) is 16.0. The summed E-state index contributed by atoms with van der Waals surface area (Å²) in [5.41, 5.74) is -0.797. The minimum Gasteiger partial charge on any atom is -0.490 e. The van der Waals surface area contributed by atoms with Crippen molar-refractivity contribution < 1.29 is 19.4 Å². The van der Waals surface area contributed by atoms with Gasteiger partial charge in [-0.1, -0.05) is 12.1 Å². The molecule has 2 rings (SSSR count). The highest BCUT2D eigenvalue weighted by molar-refractivity contribution is 9.10. The Morgan fingerprint density at radius 2 is 2.13 bits per heavy atom. The second kappa shape index (κ2) is 8.63. The lowest BCUT2D eigenvalue weighted by Crippen LogP contribution is -2.55. The van der Waals surface area contributed by atoms with Crippen molar-refractivity contribution in [1.82, 2.24) is 10.6 Å². The molecule has 0 spiro atoms.